The second-order valence-corrected chi connectivity index (χ2v) is 7.11. The molecule has 0 bridgehead atoms. The molecule has 3 nitrogen and oxygen atoms in total. The van der Waals surface area contributed by atoms with E-state index in [9.17, 15) is 0 Å². The van der Waals surface area contributed by atoms with Gasteiger partial charge in [0.25, 0.3) is 0 Å². The molecule has 0 saturated carbocycles. The minimum atomic E-state index is 0.0378. The fourth-order valence-corrected chi connectivity index (χ4v) is 2.96. The molecule has 0 saturated heterocycles. The Labute approximate surface area is 127 Å². The summed E-state index contributed by atoms with van der Waals surface area (Å²) in [5.74, 6) is 1.17. The Bertz CT molecular complexity index is 675. The van der Waals surface area contributed by atoms with Gasteiger partial charge in [0.05, 0.1) is 5.69 Å². The Balaban J connectivity index is 2.24. The Morgan fingerprint density at radius 1 is 1.14 bits per heavy atom. The Morgan fingerprint density at radius 3 is 2.57 bits per heavy atom. The highest BCUT2D eigenvalue weighted by Gasteiger charge is 2.27. The van der Waals surface area contributed by atoms with E-state index in [0.29, 0.717) is 0 Å². The monoisotopic (exact) mass is 283 g/mol. The molecule has 1 aromatic heterocycles. The molecule has 0 spiro atoms. The molecular weight excluding hydrogens is 258 g/mol. The van der Waals surface area contributed by atoms with Crippen molar-refractivity contribution in [1.82, 2.24) is 14.9 Å². The molecule has 2 heterocycles. The molecule has 1 N–H and O–H groups in total. The fourth-order valence-electron chi connectivity index (χ4n) is 2.96. The van der Waals surface area contributed by atoms with E-state index in [1.165, 1.54) is 34.0 Å². The summed E-state index contributed by atoms with van der Waals surface area (Å²) in [7, 11) is 0. The van der Waals surface area contributed by atoms with E-state index in [-0.39, 0.29) is 5.41 Å². The molecule has 3 heteroatoms. The molecule has 1 aliphatic heterocycles. The zero-order valence-corrected chi connectivity index (χ0v) is 13.7. The summed E-state index contributed by atoms with van der Waals surface area (Å²) in [5, 5.41) is 3.43. The van der Waals surface area contributed by atoms with E-state index in [1.54, 1.807) is 0 Å². The maximum Gasteiger partial charge on any atom is 0.119 e. The molecular formula is C18H25N3. The minimum Gasteiger partial charge on any atom is -0.311 e. The molecule has 21 heavy (non-hydrogen) atoms. The molecule has 1 aliphatic rings. The van der Waals surface area contributed by atoms with Crippen LogP contribution < -0.4 is 5.32 Å². The predicted molar refractivity (Wildman–Crippen MR) is 87.1 cm³/mol. The normalized spacial score (nSPS) is 15.1. The van der Waals surface area contributed by atoms with Crippen LogP contribution in [-0.4, -0.2) is 16.1 Å². The molecule has 0 fully saturated rings. The SMILES string of the molecule is Cc1ccc(-n2c(C(C)(C)C)nc3c2CCNC3)cc1C. The van der Waals surface area contributed by atoms with Gasteiger partial charge in [0, 0.05) is 36.3 Å². The predicted octanol–water partition coefficient (Wildman–Crippen LogP) is 3.43. The molecule has 0 radical (unpaired) electrons. The van der Waals surface area contributed by atoms with Crippen LogP contribution in [0.2, 0.25) is 0 Å². The van der Waals surface area contributed by atoms with Gasteiger partial charge in [-0.25, -0.2) is 4.98 Å². The van der Waals surface area contributed by atoms with Gasteiger partial charge in [0.15, 0.2) is 0 Å². The average Bonchev–Trinajstić information content (AvgIpc) is 2.81. The van der Waals surface area contributed by atoms with E-state index >= 15 is 0 Å². The van der Waals surface area contributed by atoms with Crippen molar-refractivity contribution in [3.05, 3.63) is 46.5 Å². The molecule has 0 aliphatic carbocycles. The number of rotatable bonds is 1. The fraction of sp³-hybridized carbons (Fsp3) is 0.500. The molecule has 0 amide bonds. The van der Waals surface area contributed by atoms with Crippen LogP contribution in [0.15, 0.2) is 18.2 Å². The number of hydrogen-bond acceptors (Lipinski definition) is 2. The maximum absolute atomic E-state index is 4.95. The van der Waals surface area contributed by atoms with Crippen LogP contribution in [0, 0.1) is 13.8 Å². The van der Waals surface area contributed by atoms with Gasteiger partial charge >= 0.3 is 0 Å². The van der Waals surface area contributed by atoms with Crippen molar-refractivity contribution >= 4 is 0 Å². The number of imidazole rings is 1. The zero-order valence-electron chi connectivity index (χ0n) is 13.7. The lowest BCUT2D eigenvalue weighted by atomic mass is 9.95. The summed E-state index contributed by atoms with van der Waals surface area (Å²) in [6.07, 6.45) is 1.05. The van der Waals surface area contributed by atoms with Gasteiger partial charge in [-0.3, -0.25) is 4.57 Å². The molecule has 0 unspecified atom stereocenters. The van der Waals surface area contributed by atoms with Gasteiger partial charge in [-0.05, 0) is 37.1 Å². The summed E-state index contributed by atoms with van der Waals surface area (Å²) >= 11 is 0. The topological polar surface area (TPSA) is 29.9 Å². The van der Waals surface area contributed by atoms with Gasteiger partial charge in [0.2, 0.25) is 0 Å². The van der Waals surface area contributed by atoms with Crippen molar-refractivity contribution in [3.8, 4) is 5.69 Å². The molecule has 3 rings (SSSR count). The van der Waals surface area contributed by atoms with Crippen LogP contribution in [0.5, 0.6) is 0 Å². The lowest BCUT2D eigenvalue weighted by molar-refractivity contribution is 0.533. The highest BCUT2D eigenvalue weighted by atomic mass is 15.1. The third-order valence-electron chi connectivity index (χ3n) is 4.31. The van der Waals surface area contributed by atoms with Gasteiger partial charge in [0.1, 0.15) is 5.82 Å². The standard InChI is InChI=1S/C18H25N3/c1-12-6-7-14(10-13(12)2)21-16-8-9-19-11-15(16)20-17(21)18(3,4)5/h6-7,10,19H,8-9,11H2,1-5H3. The van der Waals surface area contributed by atoms with Crippen molar-refractivity contribution in [1.29, 1.82) is 0 Å². The van der Waals surface area contributed by atoms with E-state index in [2.05, 4.69) is 62.7 Å². The maximum atomic E-state index is 4.95. The van der Waals surface area contributed by atoms with Crippen LogP contribution in [0.1, 0.15) is 49.1 Å². The second kappa shape index (κ2) is 4.99. The van der Waals surface area contributed by atoms with E-state index in [0.717, 1.165) is 19.5 Å². The largest absolute Gasteiger partial charge is 0.311 e. The third-order valence-corrected chi connectivity index (χ3v) is 4.31. The van der Waals surface area contributed by atoms with Crippen molar-refractivity contribution in [3.63, 3.8) is 0 Å². The van der Waals surface area contributed by atoms with Gasteiger partial charge in [-0.1, -0.05) is 26.8 Å². The van der Waals surface area contributed by atoms with Crippen LogP contribution in [0.3, 0.4) is 0 Å². The van der Waals surface area contributed by atoms with Gasteiger partial charge in [-0.15, -0.1) is 0 Å². The van der Waals surface area contributed by atoms with Crippen molar-refractivity contribution in [2.75, 3.05) is 6.54 Å². The zero-order chi connectivity index (χ0) is 15.2. The quantitative estimate of drug-likeness (QED) is 0.869. The molecule has 1 aromatic carbocycles. The first-order valence-electron chi connectivity index (χ1n) is 7.77. The number of nitrogens with zero attached hydrogens (tertiary/aromatic N) is 2. The first-order chi connectivity index (χ1) is 9.88. The third kappa shape index (κ3) is 2.51. The van der Waals surface area contributed by atoms with E-state index in [1.807, 2.05) is 0 Å². The summed E-state index contributed by atoms with van der Waals surface area (Å²) in [5.41, 5.74) is 6.55. The highest BCUT2D eigenvalue weighted by Crippen LogP contribution is 2.30. The number of aryl methyl sites for hydroxylation is 2. The van der Waals surface area contributed by atoms with Crippen LogP contribution in [0.4, 0.5) is 0 Å². The van der Waals surface area contributed by atoms with Crippen LogP contribution >= 0.6 is 0 Å². The van der Waals surface area contributed by atoms with Gasteiger partial charge in [-0.2, -0.15) is 0 Å². The van der Waals surface area contributed by atoms with Crippen molar-refractivity contribution in [2.45, 2.75) is 53.0 Å². The second-order valence-electron chi connectivity index (χ2n) is 7.11. The van der Waals surface area contributed by atoms with E-state index in [4.69, 9.17) is 4.98 Å². The summed E-state index contributed by atoms with van der Waals surface area (Å²) in [4.78, 5) is 4.95. The molecule has 0 atom stereocenters. The smallest absolute Gasteiger partial charge is 0.119 e. The summed E-state index contributed by atoms with van der Waals surface area (Å²) in [6.45, 7) is 13.0. The average molecular weight is 283 g/mol. The molecule has 2 aromatic rings. The number of benzene rings is 1. The molecule has 112 valence electrons. The van der Waals surface area contributed by atoms with Crippen LogP contribution in [0.25, 0.3) is 5.69 Å². The first kappa shape index (κ1) is 14.3. The Kier molecular flexibility index (Phi) is 3.40. The lowest BCUT2D eigenvalue weighted by Gasteiger charge is -2.22. The van der Waals surface area contributed by atoms with Crippen molar-refractivity contribution in [2.24, 2.45) is 0 Å². The number of fused-ring (bicyclic) bond motifs is 1. The number of nitrogens with one attached hydrogen (secondary N) is 1. The minimum absolute atomic E-state index is 0.0378. The Hall–Kier alpha value is -1.61. The first-order valence-corrected chi connectivity index (χ1v) is 7.77. The number of aromatic nitrogens is 2. The summed E-state index contributed by atoms with van der Waals surface area (Å²) < 4.78 is 2.39. The highest BCUT2D eigenvalue weighted by molar-refractivity contribution is 5.44. The lowest BCUT2D eigenvalue weighted by Crippen LogP contribution is -2.25. The van der Waals surface area contributed by atoms with Crippen LogP contribution in [-0.2, 0) is 18.4 Å². The Morgan fingerprint density at radius 2 is 1.90 bits per heavy atom. The summed E-state index contributed by atoms with van der Waals surface area (Å²) in [6, 6.07) is 6.72. The van der Waals surface area contributed by atoms with Crippen molar-refractivity contribution < 1.29 is 0 Å². The van der Waals surface area contributed by atoms with E-state index < -0.39 is 0 Å². The van der Waals surface area contributed by atoms with Gasteiger partial charge < -0.3 is 5.32 Å². The number of hydrogen-bond donors (Lipinski definition) is 1.